The van der Waals surface area contributed by atoms with Crippen LogP contribution in [0.2, 0.25) is 0 Å². The van der Waals surface area contributed by atoms with Gasteiger partial charge in [-0.1, -0.05) is 48.0 Å². The molecule has 4 aromatic rings. The first-order chi connectivity index (χ1) is 16.6. The van der Waals surface area contributed by atoms with Crippen LogP contribution in [0.4, 0.5) is 0 Å². The van der Waals surface area contributed by atoms with Crippen molar-refractivity contribution in [2.75, 3.05) is 0 Å². The zero-order valence-electron chi connectivity index (χ0n) is 19.6. The van der Waals surface area contributed by atoms with Gasteiger partial charge in [-0.15, -0.1) is 0 Å². The minimum atomic E-state index is -4.01. The van der Waals surface area contributed by atoms with E-state index in [-0.39, 0.29) is 22.6 Å². The molecule has 0 spiro atoms. The number of aryl methyl sites for hydroxylation is 3. The fourth-order valence-corrected chi connectivity index (χ4v) is 5.02. The van der Waals surface area contributed by atoms with E-state index in [1.54, 1.807) is 50.2 Å². The first-order valence-corrected chi connectivity index (χ1v) is 12.5. The number of rotatable bonds is 7. The van der Waals surface area contributed by atoms with Crippen molar-refractivity contribution in [3.05, 3.63) is 105 Å². The van der Waals surface area contributed by atoms with Crippen LogP contribution in [0.3, 0.4) is 0 Å². The van der Waals surface area contributed by atoms with Crippen LogP contribution >= 0.6 is 0 Å². The lowest BCUT2D eigenvalue weighted by Gasteiger charge is -2.19. The zero-order valence-corrected chi connectivity index (χ0v) is 20.4. The highest BCUT2D eigenvalue weighted by Gasteiger charge is 2.28. The van der Waals surface area contributed by atoms with Crippen molar-refractivity contribution in [2.24, 2.45) is 0 Å². The van der Waals surface area contributed by atoms with Crippen molar-refractivity contribution < 1.29 is 22.4 Å². The highest BCUT2D eigenvalue weighted by molar-refractivity contribution is 7.89. The molecule has 35 heavy (non-hydrogen) atoms. The normalized spacial score (nSPS) is 12.4. The van der Waals surface area contributed by atoms with E-state index in [0.717, 1.165) is 11.1 Å². The number of carbonyl (C=O) groups excluding carboxylic acids is 1. The standard InChI is InChI=1S/C27H25NO6S/c1-17-9-11-21(12-10-17)35(31,32)28-22(16-20-7-5-4-6-8-20)27(30)34-24-14-18(2)13-23-26(24)19(3)15-25(29)33-23/h4-15,22,28H,16H2,1-3H3/t22-/m1/s1. The van der Waals surface area contributed by atoms with Gasteiger partial charge in [-0.25, -0.2) is 18.0 Å². The molecule has 0 saturated carbocycles. The van der Waals surface area contributed by atoms with E-state index < -0.39 is 27.7 Å². The number of benzene rings is 3. The van der Waals surface area contributed by atoms with Crippen molar-refractivity contribution in [3.63, 3.8) is 0 Å². The summed E-state index contributed by atoms with van der Waals surface area (Å²) in [5.74, 6) is -0.583. The maximum absolute atomic E-state index is 13.4. The number of esters is 1. The first kappa shape index (κ1) is 24.4. The predicted octanol–water partition coefficient (Wildman–Crippen LogP) is 4.21. The molecule has 0 aliphatic carbocycles. The molecule has 1 atom stereocenters. The quantitative estimate of drug-likeness (QED) is 0.236. The fourth-order valence-electron chi connectivity index (χ4n) is 3.83. The van der Waals surface area contributed by atoms with E-state index in [0.29, 0.717) is 16.5 Å². The zero-order chi connectivity index (χ0) is 25.2. The average Bonchev–Trinajstić information content (AvgIpc) is 2.78. The largest absolute Gasteiger partial charge is 0.425 e. The molecule has 0 unspecified atom stereocenters. The van der Waals surface area contributed by atoms with Gasteiger partial charge in [0.1, 0.15) is 17.4 Å². The molecule has 4 rings (SSSR count). The van der Waals surface area contributed by atoms with Crippen LogP contribution in [0.15, 0.2) is 86.9 Å². The SMILES string of the molecule is Cc1ccc(S(=O)(=O)N[C@H](Cc2ccccc2)C(=O)Oc2cc(C)cc3oc(=O)cc(C)c23)cc1. The highest BCUT2D eigenvalue weighted by atomic mass is 32.2. The summed E-state index contributed by atoms with van der Waals surface area (Å²) < 4.78 is 39.7. The Labute approximate surface area is 203 Å². The number of fused-ring (bicyclic) bond motifs is 1. The van der Waals surface area contributed by atoms with E-state index in [1.165, 1.54) is 18.2 Å². The van der Waals surface area contributed by atoms with Gasteiger partial charge in [-0.05, 0) is 68.1 Å². The van der Waals surface area contributed by atoms with Crippen LogP contribution in [0, 0.1) is 20.8 Å². The van der Waals surface area contributed by atoms with Crippen LogP contribution in [0.5, 0.6) is 5.75 Å². The summed E-state index contributed by atoms with van der Waals surface area (Å²) in [5, 5.41) is 0.475. The van der Waals surface area contributed by atoms with Crippen molar-refractivity contribution in [1.29, 1.82) is 0 Å². The summed E-state index contributed by atoms with van der Waals surface area (Å²) in [6.07, 6.45) is 0.0859. The second-order valence-electron chi connectivity index (χ2n) is 8.48. The molecule has 0 fully saturated rings. The molecule has 7 nitrogen and oxygen atoms in total. The molecule has 0 aliphatic heterocycles. The molecule has 180 valence electrons. The van der Waals surface area contributed by atoms with Gasteiger partial charge < -0.3 is 9.15 Å². The minimum absolute atomic E-state index is 0.0487. The van der Waals surface area contributed by atoms with Gasteiger partial charge in [-0.3, -0.25) is 0 Å². The van der Waals surface area contributed by atoms with Gasteiger partial charge in [0.25, 0.3) is 0 Å². The molecule has 0 radical (unpaired) electrons. The Bertz CT molecular complexity index is 1540. The topological polar surface area (TPSA) is 103 Å². The smallest absolute Gasteiger partial charge is 0.336 e. The van der Waals surface area contributed by atoms with Gasteiger partial charge in [-0.2, -0.15) is 4.72 Å². The van der Waals surface area contributed by atoms with Gasteiger partial charge in [0.2, 0.25) is 10.0 Å². The third-order valence-corrected chi connectivity index (χ3v) is 7.04. The average molecular weight is 492 g/mol. The van der Waals surface area contributed by atoms with Crippen LogP contribution in [-0.4, -0.2) is 20.4 Å². The van der Waals surface area contributed by atoms with Crippen molar-refractivity contribution in [2.45, 2.75) is 38.1 Å². The number of sulfonamides is 1. The lowest BCUT2D eigenvalue weighted by molar-refractivity contribution is -0.136. The Morgan fingerprint density at radius 2 is 1.63 bits per heavy atom. The summed E-state index contributed by atoms with van der Waals surface area (Å²) in [6.45, 7) is 5.35. The summed E-state index contributed by atoms with van der Waals surface area (Å²) in [7, 11) is -4.01. The number of hydrogen-bond donors (Lipinski definition) is 1. The third kappa shape index (κ3) is 5.67. The van der Waals surface area contributed by atoms with E-state index in [4.69, 9.17) is 9.15 Å². The Kier molecular flexibility index (Phi) is 6.86. The minimum Gasteiger partial charge on any atom is -0.425 e. The number of nitrogens with one attached hydrogen (secondary N) is 1. The molecule has 0 aliphatic rings. The van der Waals surface area contributed by atoms with Gasteiger partial charge in [0, 0.05) is 6.07 Å². The molecule has 0 amide bonds. The molecule has 0 saturated heterocycles. The molecular formula is C27H25NO6S. The number of hydrogen-bond acceptors (Lipinski definition) is 6. The summed E-state index contributed by atoms with van der Waals surface area (Å²) in [5.41, 5.74) is 2.76. The molecule has 0 bridgehead atoms. The molecule has 1 N–H and O–H groups in total. The lowest BCUT2D eigenvalue weighted by atomic mass is 10.1. The van der Waals surface area contributed by atoms with E-state index in [2.05, 4.69) is 4.72 Å². The van der Waals surface area contributed by atoms with E-state index in [1.807, 2.05) is 25.1 Å². The lowest BCUT2D eigenvalue weighted by Crippen LogP contribution is -2.44. The first-order valence-electron chi connectivity index (χ1n) is 11.0. The Hall–Kier alpha value is -3.75. The maximum atomic E-state index is 13.4. The van der Waals surface area contributed by atoms with Gasteiger partial charge in [0.05, 0.1) is 10.3 Å². The molecule has 1 heterocycles. The molecule has 3 aromatic carbocycles. The molecular weight excluding hydrogens is 466 g/mol. The van der Waals surface area contributed by atoms with Crippen LogP contribution in [0.25, 0.3) is 11.0 Å². The number of ether oxygens (including phenoxy) is 1. The predicted molar refractivity (Wildman–Crippen MR) is 133 cm³/mol. The monoisotopic (exact) mass is 491 g/mol. The fraction of sp³-hybridized carbons (Fsp3) is 0.185. The summed E-state index contributed by atoms with van der Waals surface area (Å²) >= 11 is 0. The van der Waals surface area contributed by atoms with Crippen LogP contribution < -0.4 is 15.1 Å². The Balaban J connectivity index is 1.70. The Morgan fingerprint density at radius 3 is 2.31 bits per heavy atom. The van der Waals surface area contributed by atoms with Crippen molar-refractivity contribution in [3.8, 4) is 5.75 Å². The van der Waals surface area contributed by atoms with Crippen LogP contribution in [0.1, 0.15) is 22.3 Å². The van der Waals surface area contributed by atoms with Crippen LogP contribution in [-0.2, 0) is 21.2 Å². The van der Waals surface area contributed by atoms with Gasteiger partial charge >= 0.3 is 11.6 Å². The third-order valence-electron chi connectivity index (χ3n) is 5.56. The van der Waals surface area contributed by atoms with Crippen molar-refractivity contribution in [1.82, 2.24) is 4.72 Å². The highest BCUT2D eigenvalue weighted by Crippen LogP contribution is 2.30. The summed E-state index contributed by atoms with van der Waals surface area (Å²) in [6, 6.07) is 18.9. The molecule has 8 heteroatoms. The molecule has 1 aromatic heterocycles. The summed E-state index contributed by atoms with van der Waals surface area (Å²) in [4.78, 5) is 25.2. The van der Waals surface area contributed by atoms with E-state index >= 15 is 0 Å². The van der Waals surface area contributed by atoms with E-state index in [9.17, 15) is 18.0 Å². The second kappa shape index (κ2) is 9.85. The second-order valence-corrected chi connectivity index (χ2v) is 10.2. The van der Waals surface area contributed by atoms with Gasteiger partial charge in [0.15, 0.2) is 0 Å². The number of carbonyl (C=O) groups is 1. The Morgan fingerprint density at radius 1 is 0.943 bits per heavy atom. The maximum Gasteiger partial charge on any atom is 0.336 e. The van der Waals surface area contributed by atoms with Crippen molar-refractivity contribution >= 4 is 27.0 Å².